The van der Waals surface area contributed by atoms with Crippen molar-refractivity contribution in [3.8, 4) is 0 Å². The van der Waals surface area contributed by atoms with Crippen molar-refractivity contribution in [3.05, 3.63) is 24.3 Å². The van der Waals surface area contributed by atoms with E-state index < -0.39 is 0 Å². The lowest BCUT2D eigenvalue weighted by Gasteiger charge is -2.15. The molecule has 16 heavy (non-hydrogen) atoms. The van der Waals surface area contributed by atoms with Crippen molar-refractivity contribution in [1.29, 1.82) is 0 Å². The fourth-order valence-corrected chi connectivity index (χ4v) is 2.62. The Morgan fingerprint density at radius 1 is 1.19 bits per heavy atom. The molecule has 0 heterocycles. The average molecular weight is 240 g/mol. The first-order valence-corrected chi connectivity index (χ1v) is 7.69. The van der Waals surface area contributed by atoms with Gasteiger partial charge in [0, 0.05) is 5.75 Å². The van der Waals surface area contributed by atoms with Gasteiger partial charge in [-0.1, -0.05) is 57.9 Å². The highest BCUT2D eigenvalue weighted by atomic mass is 32.2. The molecule has 0 aromatic carbocycles. The molecular formula is C15H28S. The van der Waals surface area contributed by atoms with Gasteiger partial charge in [-0.05, 0) is 30.9 Å². The van der Waals surface area contributed by atoms with Gasteiger partial charge in [-0.3, -0.25) is 0 Å². The molecule has 0 fully saturated rings. The van der Waals surface area contributed by atoms with Gasteiger partial charge in [0.25, 0.3) is 0 Å². The third kappa shape index (κ3) is 8.04. The fraction of sp³-hybridized carbons (Fsp3) is 0.733. The Balaban J connectivity index is 3.59. The summed E-state index contributed by atoms with van der Waals surface area (Å²) < 4.78 is 0. The second-order valence-corrected chi connectivity index (χ2v) is 5.73. The van der Waals surface area contributed by atoms with Gasteiger partial charge in [0.2, 0.25) is 0 Å². The van der Waals surface area contributed by atoms with Crippen LogP contribution < -0.4 is 0 Å². The molecule has 1 heteroatoms. The Morgan fingerprint density at radius 3 is 2.44 bits per heavy atom. The van der Waals surface area contributed by atoms with Crippen LogP contribution in [-0.2, 0) is 0 Å². The lowest BCUT2D eigenvalue weighted by Crippen LogP contribution is -2.02. The SMILES string of the molecule is C=C(CC)CC(C)C(=C)CSCCCCC. The number of rotatable bonds is 10. The molecule has 0 saturated heterocycles. The minimum absolute atomic E-state index is 0.603. The van der Waals surface area contributed by atoms with Gasteiger partial charge >= 0.3 is 0 Å². The molecular weight excluding hydrogens is 212 g/mol. The fourth-order valence-electron chi connectivity index (χ4n) is 1.52. The van der Waals surface area contributed by atoms with Gasteiger partial charge in [0.05, 0.1) is 0 Å². The molecule has 1 unspecified atom stereocenters. The van der Waals surface area contributed by atoms with Crippen LogP contribution in [0.15, 0.2) is 24.3 Å². The largest absolute Gasteiger partial charge is 0.158 e. The van der Waals surface area contributed by atoms with Crippen LogP contribution in [0.1, 0.15) is 52.9 Å². The summed E-state index contributed by atoms with van der Waals surface area (Å²) in [6.45, 7) is 15.0. The predicted octanol–water partition coefficient (Wildman–Crippen LogP) is 5.46. The predicted molar refractivity (Wildman–Crippen MR) is 79.2 cm³/mol. The molecule has 0 spiro atoms. The lowest BCUT2D eigenvalue weighted by molar-refractivity contribution is 0.665. The number of allylic oxidation sites excluding steroid dienone is 1. The number of thioether (sulfide) groups is 1. The Morgan fingerprint density at radius 2 is 1.88 bits per heavy atom. The molecule has 94 valence electrons. The van der Waals surface area contributed by atoms with Crippen molar-refractivity contribution in [2.75, 3.05) is 11.5 Å². The van der Waals surface area contributed by atoms with Crippen LogP contribution in [0, 0.1) is 5.92 Å². The first-order chi connectivity index (χ1) is 7.61. The van der Waals surface area contributed by atoms with E-state index in [1.54, 1.807) is 0 Å². The molecule has 0 N–H and O–H groups in total. The third-order valence-electron chi connectivity index (χ3n) is 2.97. The summed E-state index contributed by atoms with van der Waals surface area (Å²) in [5.74, 6) is 3.02. The van der Waals surface area contributed by atoms with Crippen molar-refractivity contribution in [2.24, 2.45) is 5.92 Å². The maximum Gasteiger partial charge on any atom is 0.0143 e. The minimum atomic E-state index is 0.603. The van der Waals surface area contributed by atoms with Crippen LogP contribution in [0.3, 0.4) is 0 Å². The Kier molecular flexibility index (Phi) is 9.91. The van der Waals surface area contributed by atoms with Crippen LogP contribution in [0.5, 0.6) is 0 Å². The molecule has 0 aliphatic carbocycles. The van der Waals surface area contributed by atoms with Crippen LogP contribution in [0.2, 0.25) is 0 Å². The van der Waals surface area contributed by atoms with Crippen molar-refractivity contribution < 1.29 is 0 Å². The lowest BCUT2D eigenvalue weighted by atomic mass is 9.95. The molecule has 0 aromatic heterocycles. The second-order valence-electron chi connectivity index (χ2n) is 4.63. The van der Waals surface area contributed by atoms with E-state index in [0.29, 0.717) is 5.92 Å². The maximum absolute atomic E-state index is 4.20. The van der Waals surface area contributed by atoms with Crippen LogP contribution in [0.4, 0.5) is 0 Å². The summed E-state index contributed by atoms with van der Waals surface area (Å²) in [4.78, 5) is 0. The minimum Gasteiger partial charge on any atom is -0.158 e. The average Bonchev–Trinajstić information content (AvgIpc) is 2.28. The standard InChI is InChI=1S/C15H28S/c1-6-8-9-10-16-12-15(5)14(4)11-13(3)7-2/h14H,3,5-12H2,1-2,4H3. The summed E-state index contributed by atoms with van der Waals surface area (Å²) in [6.07, 6.45) is 6.24. The van der Waals surface area contributed by atoms with E-state index in [0.717, 1.165) is 18.6 Å². The zero-order valence-electron chi connectivity index (χ0n) is 11.3. The van der Waals surface area contributed by atoms with Gasteiger partial charge in [-0.15, -0.1) is 0 Å². The monoisotopic (exact) mass is 240 g/mol. The Bertz CT molecular complexity index is 205. The molecule has 0 saturated carbocycles. The van der Waals surface area contributed by atoms with Gasteiger partial charge < -0.3 is 0 Å². The topological polar surface area (TPSA) is 0 Å². The van der Waals surface area contributed by atoms with Crippen LogP contribution in [-0.4, -0.2) is 11.5 Å². The van der Waals surface area contributed by atoms with Crippen LogP contribution >= 0.6 is 11.8 Å². The van der Waals surface area contributed by atoms with Crippen molar-refractivity contribution in [2.45, 2.75) is 52.9 Å². The summed E-state index contributed by atoms with van der Waals surface area (Å²) in [7, 11) is 0. The van der Waals surface area contributed by atoms with E-state index in [9.17, 15) is 0 Å². The summed E-state index contributed by atoms with van der Waals surface area (Å²) in [5.41, 5.74) is 2.74. The zero-order valence-corrected chi connectivity index (χ0v) is 12.2. The first-order valence-electron chi connectivity index (χ1n) is 6.53. The quantitative estimate of drug-likeness (QED) is 0.361. The normalized spacial score (nSPS) is 12.4. The molecule has 1 atom stereocenters. The molecule has 0 aliphatic heterocycles. The molecule has 0 aliphatic rings. The smallest absolute Gasteiger partial charge is 0.0143 e. The molecule has 0 radical (unpaired) electrons. The van der Waals surface area contributed by atoms with E-state index in [-0.39, 0.29) is 0 Å². The number of hydrogen-bond donors (Lipinski definition) is 0. The number of unbranched alkanes of at least 4 members (excludes halogenated alkanes) is 2. The van der Waals surface area contributed by atoms with Gasteiger partial charge in [0.1, 0.15) is 0 Å². The van der Waals surface area contributed by atoms with E-state index in [1.165, 1.54) is 36.2 Å². The highest BCUT2D eigenvalue weighted by Crippen LogP contribution is 2.22. The zero-order chi connectivity index (χ0) is 12.4. The van der Waals surface area contributed by atoms with Crippen molar-refractivity contribution in [1.82, 2.24) is 0 Å². The maximum atomic E-state index is 4.20. The van der Waals surface area contributed by atoms with Crippen LogP contribution in [0.25, 0.3) is 0 Å². The Hall–Kier alpha value is -0.170. The van der Waals surface area contributed by atoms with E-state index in [2.05, 4.69) is 33.9 Å². The number of hydrogen-bond acceptors (Lipinski definition) is 1. The summed E-state index contributed by atoms with van der Waals surface area (Å²) in [5, 5.41) is 0. The Labute approximate surface area is 107 Å². The highest BCUT2D eigenvalue weighted by Gasteiger charge is 2.07. The molecule has 0 rings (SSSR count). The van der Waals surface area contributed by atoms with Crippen molar-refractivity contribution >= 4 is 11.8 Å². The molecule has 0 aromatic rings. The summed E-state index contributed by atoms with van der Waals surface area (Å²) >= 11 is 2.04. The second kappa shape index (κ2) is 10.0. The van der Waals surface area contributed by atoms with E-state index in [1.807, 2.05) is 11.8 Å². The summed E-state index contributed by atoms with van der Waals surface area (Å²) in [6, 6.07) is 0. The van der Waals surface area contributed by atoms with Crippen molar-refractivity contribution in [3.63, 3.8) is 0 Å². The van der Waals surface area contributed by atoms with Gasteiger partial charge in [0.15, 0.2) is 0 Å². The molecule has 0 amide bonds. The first kappa shape index (κ1) is 15.8. The highest BCUT2D eigenvalue weighted by molar-refractivity contribution is 7.99. The third-order valence-corrected chi connectivity index (χ3v) is 4.12. The molecule has 0 nitrogen and oxygen atoms in total. The van der Waals surface area contributed by atoms with Gasteiger partial charge in [-0.2, -0.15) is 11.8 Å². The van der Waals surface area contributed by atoms with Gasteiger partial charge in [-0.25, -0.2) is 0 Å². The van der Waals surface area contributed by atoms with E-state index in [4.69, 9.17) is 0 Å². The van der Waals surface area contributed by atoms with E-state index >= 15 is 0 Å². The molecule has 0 bridgehead atoms.